The third-order valence-electron chi connectivity index (χ3n) is 3.64. The van der Waals surface area contributed by atoms with Gasteiger partial charge in [-0.3, -0.25) is 25.8 Å². The minimum Gasteiger partial charge on any atom is -0.298 e. The molecule has 0 spiro atoms. The van der Waals surface area contributed by atoms with Crippen LogP contribution in [0, 0.1) is 0 Å². The maximum atomic E-state index is 12.1. The van der Waals surface area contributed by atoms with Crippen molar-refractivity contribution in [2.75, 3.05) is 0 Å². The van der Waals surface area contributed by atoms with Crippen LogP contribution in [0.1, 0.15) is 47.1 Å². The highest BCUT2D eigenvalue weighted by Crippen LogP contribution is 2.22. The Hall–Kier alpha value is -2.44. The van der Waals surface area contributed by atoms with Crippen LogP contribution in [0.4, 0.5) is 0 Å². The van der Waals surface area contributed by atoms with Crippen molar-refractivity contribution >= 4 is 40.7 Å². The lowest BCUT2D eigenvalue weighted by atomic mass is 9.87. The van der Waals surface area contributed by atoms with E-state index in [4.69, 9.17) is 23.8 Å². The summed E-state index contributed by atoms with van der Waals surface area (Å²) in [5.74, 6) is -0.753. The van der Waals surface area contributed by atoms with Gasteiger partial charge in [0, 0.05) is 16.1 Å². The van der Waals surface area contributed by atoms with E-state index in [-0.39, 0.29) is 16.4 Å². The zero-order chi connectivity index (χ0) is 19.3. The third kappa shape index (κ3) is 5.54. The van der Waals surface area contributed by atoms with Gasteiger partial charge in [-0.25, -0.2) is 0 Å². The number of halogens is 1. The molecule has 0 aromatic heterocycles. The zero-order valence-electron chi connectivity index (χ0n) is 14.7. The number of hydrazine groups is 1. The summed E-state index contributed by atoms with van der Waals surface area (Å²) in [5, 5.41) is 3.00. The predicted molar refractivity (Wildman–Crippen MR) is 107 cm³/mol. The monoisotopic (exact) mass is 389 g/mol. The van der Waals surface area contributed by atoms with Gasteiger partial charge in [-0.1, -0.05) is 44.5 Å². The molecule has 0 saturated heterocycles. The molecule has 0 aliphatic carbocycles. The molecule has 2 aromatic carbocycles. The van der Waals surface area contributed by atoms with Gasteiger partial charge >= 0.3 is 0 Å². The van der Waals surface area contributed by atoms with Gasteiger partial charge < -0.3 is 0 Å². The van der Waals surface area contributed by atoms with Gasteiger partial charge in [0.05, 0.1) is 0 Å². The fourth-order valence-electron chi connectivity index (χ4n) is 2.12. The SMILES string of the molecule is CC(C)(C)c1ccc(C(=O)NNC(=S)NC(=O)c2ccc(Cl)cc2)cc1. The maximum Gasteiger partial charge on any atom is 0.269 e. The van der Waals surface area contributed by atoms with E-state index in [1.807, 2.05) is 12.1 Å². The second kappa shape index (κ2) is 8.29. The van der Waals surface area contributed by atoms with Crippen LogP contribution < -0.4 is 16.2 Å². The Kier molecular flexibility index (Phi) is 6.34. The largest absolute Gasteiger partial charge is 0.298 e. The Morgan fingerprint density at radius 2 is 1.35 bits per heavy atom. The Morgan fingerprint density at radius 3 is 1.88 bits per heavy atom. The molecule has 0 radical (unpaired) electrons. The summed E-state index contributed by atoms with van der Waals surface area (Å²) >= 11 is 10.8. The van der Waals surface area contributed by atoms with E-state index in [0.717, 1.165) is 5.56 Å². The summed E-state index contributed by atoms with van der Waals surface area (Å²) < 4.78 is 0. The predicted octanol–water partition coefficient (Wildman–Crippen LogP) is 3.59. The number of benzene rings is 2. The topological polar surface area (TPSA) is 70.2 Å². The number of carbonyl (C=O) groups excluding carboxylic acids is 2. The molecule has 136 valence electrons. The molecular formula is C19H20ClN3O2S. The molecule has 0 atom stereocenters. The molecule has 3 N–H and O–H groups in total. The highest BCUT2D eigenvalue weighted by atomic mass is 35.5. The van der Waals surface area contributed by atoms with Crippen molar-refractivity contribution in [3.63, 3.8) is 0 Å². The zero-order valence-corrected chi connectivity index (χ0v) is 16.3. The van der Waals surface area contributed by atoms with Crippen molar-refractivity contribution in [2.45, 2.75) is 26.2 Å². The van der Waals surface area contributed by atoms with Crippen molar-refractivity contribution in [2.24, 2.45) is 0 Å². The first-order chi connectivity index (χ1) is 12.2. The molecule has 0 unspecified atom stereocenters. The summed E-state index contributed by atoms with van der Waals surface area (Å²) in [6.07, 6.45) is 0. The lowest BCUT2D eigenvalue weighted by Crippen LogP contribution is -2.48. The average Bonchev–Trinajstić information content (AvgIpc) is 2.59. The highest BCUT2D eigenvalue weighted by Gasteiger charge is 2.14. The molecule has 2 amide bonds. The molecule has 0 heterocycles. The molecule has 7 heteroatoms. The van der Waals surface area contributed by atoms with Crippen LogP contribution in [0.2, 0.25) is 5.02 Å². The molecule has 0 aliphatic rings. The molecule has 2 rings (SSSR count). The summed E-state index contributed by atoms with van der Waals surface area (Å²) in [5.41, 5.74) is 7.00. The van der Waals surface area contributed by atoms with Crippen LogP contribution in [0.3, 0.4) is 0 Å². The average molecular weight is 390 g/mol. The molecule has 2 aromatic rings. The molecule has 26 heavy (non-hydrogen) atoms. The Morgan fingerprint density at radius 1 is 0.846 bits per heavy atom. The van der Waals surface area contributed by atoms with Gasteiger partial charge in [0.1, 0.15) is 0 Å². The van der Waals surface area contributed by atoms with Gasteiger partial charge in [0.25, 0.3) is 11.8 Å². The van der Waals surface area contributed by atoms with Crippen molar-refractivity contribution in [3.05, 3.63) is 70.2 Å². The van der Waals surface area contributed by atoms with E-state index in [0.29, 0.717) is 16.1 Å². The number of carbonyl (C=O) groups is 2. The minimum absolute atomic E-state index is 0.00962. The van der Waals surface area contributed by atoms with Gasteiger partial charge in [-0.15, -0.1) is 0 Å². The van der Waals surface area contributed by atoms with E-state index in [2.05, 4.69) is 36.9 Å². The van der Waals surface area contributed by atoms with Gasteiger partial charge in [-0.05, 0) is 59.6 Å². The van der Waals surface area contributed by atoms with Crippen LogP contribution in [-0.2, 0) is 5.41 Å². The Balaban J connectivity index is 1.87. The molecule has 0 saturated carbocycles. The van der Waals surface area contributed by atoms with Crippen molar-refractivity contribution in [3.8, 4) is 0 Å². The smallest absolute Gasteiger partial charge is 0.269 e. The fourth-order valence-corrected chi connectivity index (χ4v) is 2.38. The number of thiocarbonyl (C=S) groups is 1. The second-order valence-electron chi connectivity index (χ2n) is 6.70. The van der Waals surface area contributed by atoms with Crippen LogP contribution in [0.25, 0.3) is 0 Å². The van der Waals surface area contributed by atoms with Crippen LogP contribution >= 0.6 is 23.8 Å². The number of rotatable bonds is 2. The first kappa shape index (κ1) is 19.9. The normalized spacial score (nSPS) is 10.8. The first-order valence-corrected chi connectivity index (χ1v) is 8.73. The van der Waals surface area contributed by atoms with E-state index in [9.17, 15) is 9.59 Å². The lowest BCUT2D eigenvalue weighted by Gasteiger charge is -2.19. The van der Waals surface area contributed by atoms with Crippen molar-refractivity contribution < 1.29 is 9.59 Å². The maximum absolute atomic E-state index is 12.1. The van der Waals surface area contributed by atoms with Gasteiger partial charge in [0.15, 0.2) is 5.11 Å². The van der Waals surface area contributed by atoms with E-state index >= 15 is 0 Å². The fraction of sp³-hybridized carbons (Fsp3) is 0.211. The molecule has 0 aliphatic heterocycles. The summed E-state index contributed by atoms with van der Waals surface area (Å²) in [6.45, 7) is 6.31. The Labute approximate surface area is 163 Å². The Bertz CT molecular complexity index is 812. The van der Waals surface area contributed by atoms with E-state index < -0.39 is 5.91 Å². The van der Waals surface area contributed by atoms with Crippen LogP contribution in [-0.4, -0.2) is 16.9 Å². The summed E-state index contributed by atoms with van der Waals surface area (Å²) in [6, 6.07) is 13.7. The number of nitrogens with one attached hydrogen (secondary N) is 3. The van der Waals surface area contributed by atoms with Crippen molar-refractivity contribution in [1.82, 2.24) is 16.2 Å². The van der Waals surface area contributed by atoms with Crippen LogP contribution in [0.5, 0.6) is 0 Å². The van der Waals surface area contributed by atoms with Gasteiger partial charge in [-0.2, -0.15) is 0 Å². The lowest BCUT2D eigenvalue weighted by molar-refractivity contribution is 0.0934. The minimum atomic E-state index is -0.400. The van der Waals surface area contributed by atoms with E-state index in [1.54, 1.807) is 36.4 Å². The number of hydrogen-bond donors (Lipinski definition) is 3. The van der Waals surface area contributed by atoms with Gasteiger partial charge in [0.2, 0.25) is 0 Å². The highest BCUT2D eigenvalue weighted by molar-refractivity contribution is 7.80. The molecule has 5 nitrogen and oxygen atoms in total. The van der Waals surface area contributed by atoms with Crippen molar-refractivity contribution in [1.29, 1.82) is 0 Å². The quantitative estimate of drug-likeness (QED) is 0.542. The molecule has 0 bridgehead atoms. The number of hydrogen-bond acceptors (Lipinski definition) is 3. The van der Waals surface area contributed by atoms with E-state index in [1.165, 1.54) is 0 Å². The third-order valence-corrected chi connectivity index (χ3v) is 4.09. The standard InChI is InChI=1S/C19H20ClN3O2S/c1-19(2,3)14-8-4-13(5-9-14)17(25)22-23-18(26)21-16(24)12-6-10-15(20)11-7-12/h4-11H,1-3H3,(H,22,25)(H2,21,23,24,26). The summed E-state index contributed by atoms with van der Waals surface area (Å²) in [7, 11) is 0. The summed E-state index contributed by atoms with van der Waals surface area (Å²) in [4.78, 5) is 24.2. The first-order valence-electron chi connectivity index (χ1n) is 7.94. The van der Waals surface area contributed by atoms with Crippen LogP contribution in [0.15, 0.2) is 48.5 Å². The number of amides is 2. The molecular weight excluding hydrogens is 370 g/mol. The second-order valence-corrected chi connectivity index (χ2v) is 7.54. The molecule has 0 fully saturated rings.